The van der Waals surface area contributed by atoms with Crippen molar-refractivity contribution in [3.8, 4) is 0 Å². The lowest BCUT2D eigenvalue weighted by Gasteiger charge is -2.43. The lowest BCUT2D eigenvalue weighted by Crippen LogP contribution is -2.54. The molecular weight excluding hydrogens is 478 g/mol. The van der Waals surface area contributed by atoms with Gasteiger partial charge in [-0.15, -0.1) is 0 Å². The zero-order valence-corrected chi connectivity index (χ0v) is 22.3. The molecule has 0 spiro atoms. The van der Waals surface area contributed by atoms with Crippen LogP contribution in [0.25, 0.3) is 0 Å². The highest BCUT2D eigenvalue weighted by Crippen LogP contribution is 2.40. The molecule has 3 atom stereocenters. The summed E-state index contributed by atoms with van der Waals surface area (Å²) >= 11 is 0. The maximum atomic E-state index is 14.1. The van der Waals surface area contributed by atoms with Crippen LogP contribution in [0.1, 0.15) is 76.7 Å². The number of rotatable bonds is 11. The summed E-state index contributed by atoms with van der Waals surface area (Å²) in [5, 5.41) is 21.0. The minimum atomic E-state index is -1.53. The number of hydrogen-bond acceptors (Lipinski definition) is 4. The number of carbonyl (C=O) groups is 2. The van der Waals surface area contributed by atoms with Crippen LogP contribution in [0.5, 0.6) is 0 Å². The van der Waals surface area contributed by atoms with Gasteiger partial charge in [0.2, 0.25) is 5.91 Å². The van der Waals surface area contributed by atoms with E-state index >= 15 is 0 Å². The highest BCUT2D eigenvalue weighted by Gasteiger charge is 2.42. The molecule has 7 nitrogen and oxygen atoms in total. The number of amides is 3. The summed E-state index contributed by atoms with van der Waals surface area (Å²) in [7, 11) is 1.89. The Labute approximate surface area is 219 Å². The Morgan fingerprint density at radius 3 is 2.46 bits per heavy atom. The fraction of sp³-hybridized carbons (Fsp3) is 0.714. The molecule has 0 aromatic heterocycles. The zero-order valence-electron chi connectivity index (χ0n) is 22.3. The second kappa shape index (κ2) is 14.0. The SMILES string of the molecule is CNCC(CC1CCCCC1)NC(=O)N1CCCC(C(O)(CCCNC(C)=O)c2cc(F)cc(F)c2)C1. The molecule has 3 unspecified atom stereocenters. The van der Waals surface area contributed by atoms with E-state index in [1.807, 2.05) is 7.05 Å². The van der Waals surface area contributed by atoms with Crippen LogP contribution in [-0.2, 0) is 10.4 Å². The fourth-order valence-electron chi connectivity index (χ4n) is 6.09. The molecule has 4 N–H and O–H groups in total. The van der Waals surface area contributed by atoms with Gasteiger partial charge in [-0.2, -0.15) is 0 Å². The number of benzene rings is 1. The summed E-state index contributed by atoms with van der Waals surface area (Å²) in [5.41, 5.74) is -1.36. The van der Waals surface area contributed by atoms with Gasteiger partial charge in [0.05, 0.1) is 5.60 Å². The maximum absolute atomic E-state index is 14.1. The van der Waals surface area contributed by atoms with E-state index in [0.717, 1.165) is 12.5 Å². The van der Waals surface area contributed by atoms with Crippen LogP contribution >= 0.6 is 0 Å². The summed E-state index contributed by atoms with van der Waals surface area (Å²) in [6, 6.07) is 3.00. The van der Waals surface area contributed by atoms with Gasteiger partial charge < -0.3 is 26.0 Å². The molecule has 3 amide bonds. The van der Waals surface area contributed by atoms with Gasteiger partial charge in [-0.3, -0.25) is 4.79 Å². The third-order valence-corrected chi connectivity index (χ3v) is 7.98. The largest absolute Gasteiger partial charge is 0.385 e. The minimum Gasteiger partial charge on any atom is -0.385 e. The molecule has 1 heterocycles. The number of nitrogens with one attached hydrogen (secondary N) is 3. The standard InChI is InChI=1S/C28H44F2N4O3/c1-20(35)32-12-7-11-28(37,23-15-24(29)17-25(30)16-23)22-10-6-13-34(19-22)27(36)33-26(18-31-2)14-21-8-4-3-5-9-21/h15-17,21-22,26,31,37H,3-14,18-19H2,1-2H3,(H,32,35)(H,33,36). The van der Waals surface area contributed by atoms with E-state index in [4.69, 9.17) is 0 Å². The Morgan fingerprint density at radius 1 is 1.11 bits per heavy atom. The first-order chi connectivity index (χ1) is 17.7. The highest BCUT2D eigenvalue weighted by atomic mass is 19.1. The van der Waals surface area contributed by atoms with Crippen LogP contribution in [0.4, 0.5) is 13.6 Å². The molecule has 0 bridgehead atoms. The third-order valence-electron chi connectivity index (χ3n) is 7.98. The Balaban J connectivity index is 1.71. The number of piperidine rings is 1. The number of urea groups is 1. The van der Waals surface area contributed by atoms with E-state index in [9.17, 15) is 23.5 Å². The fourth-order valence-corrected chi connectivity index (χ4v) is 6.09. The predicted molar refractivity (Wildman–Crippen MR) is 140 cm³/mol. The molecule has 1 saturated carbocycles. The monoisotopic (exact) mass is 522 g/mol. The van der Waals surface area contributed by atoms with Crippen molar-refractivity contribution in [2.45, 2.75) is 82.8 Å². The summed E-state index contributed by atoms with van der Waals surface area (Å²) in [5.74, 6) is -1.45. The summed E-state index contributed by atoms with van der Waals surface area (Å²) in [4.78, 5) is 26.3. The van der Waals surface area contributed by atoms with Crippen molar-refractivity contribution in [1.29, 1.82) is 0 Å². The molecule has 9 heteroatoms. The molecule has 0 radical (unpaired) electrons. The zero-order chi connectivity index (χ0) is 26.8. The van der Waals surface area contributed by atoms with E-state index in [0.29, 0.717) is 44.8 Å². The predicted octanol–water partition coefficient (Wildman–Crippen LogP) is 4.05. The number of hydrogen-bond donors (Lipinski definition) is 4. The molecule has 1 aromatic carbocycles. The number of halogens is 2. The minimum absolute atomic E-state index is 0.0230. The second-order valence-electron chi connectivity index (χ2n) is 10.9. The first-order valence-electron chi connectivity index (χ1n) is 13.8. The molecule has 208 valence electrons. The molecular formula is C28H44F2N4O3. The van der Waals surface area contributed by atoms with Crippen LogP contribution in [0.3, 0.4) is 0 Å². The van der Waals surface area contributed by atoms with Gasteiger partial charge in [-0.1, -0.05) is 32.1 Å². The molecule has 1 aliphatic heterocycles. The molecule has 3 rings (SSSR count). The number of aliphatic hydroxyl groups is 1. The Bertz CT molecular complexity index is 876. The second-order valence-corrected chi connectivity index (χ2v) is 10.9. The number of carbonyl (C=O) groups excluding carboxylic acids is 2. The van der Waals surface area contributed by atoms with Crippen LogP contribution in [0.15, 0.2) is 18.2 Å². The van der Waals surface area contributed by atoms with Crippen molar-refractivity contribution < 1.29 is 23.5 Å². The Kier molecular flexibility index (Phi) is 11.1. The topological polar surface area (TPSA) is 93.7 Å². The van der Waals surface area contributed by atoms with Crippen molar-refractivity contribution in [2.75, 3.05) is 33.2 Å². The third kappa shape index (κ3) is 8.64. The van der Waals surface area contributed by atoms with Gasteiger partial charge in [0.1, 0.15) is 11.6 Å². The molecule has 2 fully saturated rings. The van der Waals surface area contributed by atoms with E-state index in [1.54, 1.807) is 4.90 Å². The van der Waals surface area contributed by atoms with E-state index in [2.05, 4.69) is 16.0 Å². The molecule has 1 aliphatic carbocycles. The van der Waals surface area contributed by atoms with Gasteiger partial charge in [-0.05, 0) is 62.8 Å². The first kappa shape index (κ1) is 29.3. The summed E-state index contributed by atoms with van der Waals surface area (Å²) in [6.07, 6.45) is 9.10. The average molecular weight is 523 g/mol. The van der Waals surface area contributed by atoms with Gasteiger partial charge in [0.15, 0.2) is 0 Å². The van der Waals surface area contributed by atoms with Crippen molar-refractivity contribution in [3.05, 3.63) is 35.4 Å². The summed E-state index contributed by atoms with van der Waals surface area (Å²) < 4.78 is 28.3. The van der Waals surface area contributed by atoms with Gasteiger partial charge in [0.25, 0.3) is 0 Å². The lowest BCUT2D eigenvalue weighted by molar-refractivity contribution is -0.119. The van der Waals surface area contributed by atoms with Gasteiger partial charge >= 0.3 is 6.03 Å². The van der Waals surface area contributed by atoms with Crippen molar-refractivity contribution in [3.63, 3.8) is 0 Å². The molecule has 1 saturated heterocycles. The van der Waals surface area contributed by atoms with Crippen LogP contribution in [-0.4, -0.2) is 61.2 Å². The smallest absolute Gasteiger partial charge is 0.317 e. The van der Waals surface area contributed by atoms with Crippen molar-refractivity contribution in [1.82, 2.24) is 20.9 Å². The number of nitrogens with zero attached hydrogens (tertiary/aromatic N) is 1. The van der Waals surface area contributed by atoms with Crippen LogP contribution in [0, 0.1) is 23.5 Å². The van der Waals surface area contributed by atoms with Crippen molar-refractivity contribution in [2.24, 2.45) is 11.8 Å². The lowest BCUT2D eigenvalue weighted by atomic mass is 9.74. The van der Waals surface area contributed by atoms with E-state index in [1.165, 1.54) is 51.2 Å². The molecule has 1 aromatic rings. The number of likely N-dealkylation sites (tertiary alicyclic amines) is 1. The molecule has 2 aliphatic rings. The average Bonchev–Trinajstić information content (AvgIpc) is 2.86. The normalized spacial score (nSPS) is 21.2. The van der Waals surface area contributed by atoms with E-state index in [-0.39, 0.29) is 36.5 Å². The van der Waals surface area contributed by atoms with Gasteiger partial charge in [-0.25, -0.2) is 13.6 Å². The van der Waals surface area contributed by atoms with Crippen LogP contribution < -0.4 is 16.0 Å². The maximum Gasteiger partial charge on any atom is 0.317 e. The van der Waals surface area contributed by atoms with E-state index < -0.39 is 23.2 Å². The molecule has 37 heavy (non-hydrogen) atoms. The van der Waals surface area contributed by atoms with Crippen LogP contribution in [0.2, 0.25) is 0 Å². The highest BCUT2D eigenvalue weighted by molar-refractivity contribution is 5.74. The Morgan fingerprint density at radius 2 is 1.81 bits per heavy atom. The number of likely N-dealkylation sites (N-methyl/N-ethyl adjacent to an activating group) is 1. The summed E-state index contributed by atoms with van der Waals surface area (Å²) in [6.45, 7) is 3.31. The quantitative estimate of drug-likeness (QED) is 0.330. The Hall–Kier alpha value is -2.26. The van der Waals surface area contributed by atoms with Gasteiger partial charge in [0, 0.05) is 51.1 Å². The van der Waals surface area contributed by atoms with Crippen molar-refractivity contribution >= 4 is 11.9 Å². The first-order valence-corrected chi connectivity index (χ1v) is 13.8.